The smallest absolute Gasteiger partial charge is 0.414 e. The molecule has 2 amide bonds. The van der Waals surface area contributed by atoms with E-state index in [4.69, 9.17) is 4.74 Å². The lowest BCUT2D eigenvalue weighted by molar-refractivity contribution is -0.131. The van der Waals surface area contributed by atoms with Gasteiger partial charge in [0.25, 0.3) is 0 Å². The second kappa shape index (κ2) is 6.35. The summed E-state index contributed by atoms with van der Waals surface area (Å²) in [4.78, 5) is 38.5. The lowest BCUT2D eigenvalue weighted by Gasteiger charge is -2.45. The molecule has 0 radical (unpaired) electrons. The summed E-state index contributed by atoms with van der Waals surface area (Å²) in [5.41, 5.74) is -1.36. The molecular weight excluding hydrogens is 374 g/mol. The molecule has 2 aromatic rings. The summed E-state index contributed by atoms with van der Waals surface area (Å²) in [7, 11) is 0. The number of rotatable bonds is 3. The van der Waals surface area contributed by atoms with Gasteiger partial charge in [-0.15, -0.1) is 22.7 Å². The number of imide groups is 1. The van der Waals surface area contributed by atoms with Crippen molar-refractivity contribution in [2.24, 2.45) is 5.41 Å². The molecule has 8 heteroatoms. The Morgan fingerprint density at radius 2 is 1.92 bits per heavy atom. The number of amides is 2. The lowest BCUT2D eigenvalue weighted by Crippen LogP contribution is -2.53. The van der Waals surface area contributed by atoms with Crippen LogP contribution in [0.1, 0.15) is 55.1 Å². The molecule has 1 atom stereocenters. The van der Waals surface area contributed by atoms with Crippen LogP contribution >= 0.6 is 22.7 Å². The second-order valence-electron chi connectivity index (χ2n) is 7.29. The predicted octanol–water partition coefficient (Wildman–Crippen LogP) is 4.68. The zero-order chi connectivity index (χ0) is 19.3. The number of fused-ring (bicyclic) bond motifs is 1. The molecule has 140 valence electrons. The SMILES string of the molecule is CCOC(=O)c1cc2sc(C3(C(C)(C)C)CCC(=O)N3C(=O)O)cc2s1. The number of carbonyl (C=O) groups is 3. The van der Waals surface area contributed by atoms with Crippen LogP contribution in [-0.4, -0.2) is 34.6 Å². The van der Waals surface area contributed by atoms with Gasteiger partial charge in [0.1, 0.15) is 4.88 Å². The number of likely N-dealkylation sites (tertiary alicyclic amines) is 1. The Hall–Kier alpha value is -1.93. The fourth-order valence-corrected chi connectivity index (χ4v) is 6.36. The summed E-state index contributed by atoms with van der Waals surface area (Å²) < 4.78 is 6.85. The Bertz CT molecular complexity index is 860. The minimum Gasteiger partial charge on any atom is -0.465 e. The Kier molecular flexibility index (Phi) is 4.60. The minimum atomic E-state index is -1.22. The number of carbonyl (C=O) groups excluding carboxylic acids is 2. The first-order chi connectivity index (χ1) is 12.1. The van der Waals surface area contributed by atoms with Crippen molar-refractivity contribution in [3.8, 4) is 0 Å². The minimum absolute atomic E-state index is 0.212. The summed E-state index contributed by atoms with van der Waals surface area (Å²) >= 11 is 2.77. The van der Waals surface area contributed by atoms with Crippen molar-refractivity contribution < 1.29 is 24.2 Å². The number of ether oxygens (including phenoxy) is 1. The number of hydrogen-bond acceptors (Lipinski definition) is 6. The fourth-order valence-electron chi connectivity index (χ4n) is 3.65. The summed E-state index contributed by atoms with van der Waals surface area (Å²) in [6, 6.07) is 3.71. The van der Waals surface area contributed by atoms with E-state index in [2.05, 4.69) is 0 Å². The van der Waals surface area contributed by atoms with Gasteiger partial charge in [-0.25, -0.2) is 14.5 Å². The van der Waals surface area contributed by atoms with E-state index in [-0.39, 0.29) is 18.3 Å². The molecule has 6 nitrogen and oxygen atoms in total. The monoisotopic (exact) mass is 395 g/mol. The molecule has 2 aromatic heterocycles. The Morgan fingerprint density at radius 1 is 1.27 bits per heavy atom. The third-order valence-electron chi connectivity index (χ3n) is 4.86. The number of nitrogens with zero attached hydrogens (tertiary/aromatic N) is 1. The van der Waals surface area contributed by atoms with E-state index in [1.807, 2.05) is 26.8 Å². The largest absolute Gasteiger partial charge is 0.465 e. The Labute approximate surface area is 159 Å². The average Bonchev–Trinajstić information content (AvgIpc) is 3.16. The molecule has 1 aliphatic rings. The van der Waals surface area contributed by atoms with Crippen LogP contribution < -0.4 is 0 Å². The van der Waals surface area contributed by atoms with Gasteiger partial charge in [0.15, 0.2) is 0 Å². The van der Waals surface area contributed by atoms with Crippen LogP contribution in [0.2, 0.25) is 0 Å². The van der Waals surface area contributed by atoms with Gasteiger partial charge in [-0.2, -0.15) is 0 Å². The standard InChI is InChI=1S/C18H21NO5S2/c1-5-24-15(21)12-8-10-11(25-12)9-13(26-10)18(17(2,3)4)7-6-14(20)19(18)16(22)23/h8-9H,5-7H2,1-4H3,(H,22,23). The van der Waals surface area contributed by atoms with Crippen molar-refractivity contribution in [1.29, 1.82) is 0 Å². The Morgan fingerprint density at radius 3 is 2.46 bits per heavy atom. The lowest BCUT2D eigenvalue weighted by atomic mass is 9.71. The van der Waals surface area contributed by atoms with E-state index >= 15 is 0 Å². The number of esters is 1. The van der Waals surface area contributed by atoms with E-state index < -0.39 is 17.0 Å². The van der Waals surface area contributed by atoms with Crippen LogP contribution in [0.25, 0.3) is 9.40 Å². The quantitative estimate of drug-likeness (QED) is 0.763. The second-order valence-corrected chi connectivity index (χ2v) is 9.46. The third kappa shape index (κ3) is 2.72. The van der Waals surface area contributed by atoms with Crippen LogP contribution in [-0.2, 0) is 15.1 Å². The van der Waals surface area contributed by atoms with Gasteiger partial charge in [0.2, 0.25) is 5.91 Å². The molecule has 0 aromatic carbocycles. The summed E-state index contributed by atoms with van der Waals surface area (Å²) in [6.07, 6.45) is -0.546. The van der Waals surface area contributed by atoms with Crippen LogP contribution in [0.15, 0.2) is 12.1 Å². The molecule has 0 saturated carbocycles. The third-order valence-corrected chi connectivity index (χ3v) is 7.28. The maximum atomic E-state index is 12.3. The molecule has 3 rings (SSSR count). The molecule has 1 aliphatic heterocycles. The summed E-state index contributed by atoms with van der Waals surface area (Å²) in [5, 5.41) is 9.70. The zero-order valence-corrected chi connectivity index (χ0v) is 16.8. The van der Waals surface area contributed by atoms with Crippen LogP contribution in [0.5, 0.6) is 0 Å². The van der Waals surface area contributed by atoms with E-state index in [1.54, 1.807) is 13.0 Å². The normalized spacial score (nSPS) is 20.8. The van der Waals surface area contributed by atoms with Crippen molar-refractivity contribution >= 4 is 50.0 Å². The van der Waals surface area contributed by atoms with Gasteiger partial charge in [0, 0.05) is 20.7 Å². The fraction of sp³-hybridized carbons (Fsp3) is 0.500. The van der Waals surface area contributed by atoms with Gasteiger partial charge in [-0.3, -0.25) is 4.79 Å². The molecule has 3 heterocycles. The van der Waals surface area contributed by atoms with E-state index in [1.165, 1.54) is 22.7 Å². The number of carboxylic acid groups (broad SMARTS) is 1. The first-order valence-electron chi connectivity index (χ1n) is 8.39. The van der Waals surface area contributed by atoms with Gasteiger partial charge in [0.05, 0.1) is 12.1 Å². The number of thiophene rings is 2. The van der Waals surface area contributed by atoms with Crippen LogP contribution in [0.4, 0.5) is 4.79 Å². The van der Waals surface area contributed by atoms with Crippen LogP contribution in [0, 0.1) is 5.41 Å². The highest BCUT2D eigenvalue weighted by atomic mass is 32.1. The predicted molar refractivity (Wildman–Crippen MR) is 101 cm³/mol. The highest BCUT2D eigenvalue weighted by Gasteiger charge is 2.57. The molecule has 1 saturated heterocycles. The molecular formula is C18H21NO5S2. The maximum absolute atomic E-state index is 12.3. The zero-order valence-electron chi connectivity index (χ0n) is 15.1. The summed E-state index contributed by atoms with van der Waals surface area (Å²) in [6.45, 7) is 7.95. The van der Waals surface area contributed by atoms with E-state index in [0.717, 1.165) is 19.2 Å². The van der Waals surface area contributed by atoms with Crippen molar-refractivity contribution in [2.75, 3.05) is 6.61 Å². The first-order valence-corrected chi connectivity index (χ1v) is 10.0. The Balaban J connectivity index is 2.11. The average molecular weight is 396 g/mol. The van der Waals surface area contributed by atoms with Gasteiger partial charge in [-0.05, 0) is 30.9 Å². The molecule has 1 unspecified atom stereocenters. The number of hydrogen-bond donors (Lipinski definition) is 1. The van der Waals surface area contributed by atoms with Crippen molar-refractivity contribution in [3.63, 3.8) is 0 Å². The highest BCUT2D eigenvalue weighted by molar-refractivity contribution is 7.28. The van der Waals surface area contributed by atoms with Crippen molar-refractivity contribution in [1.82, 2.24) is 4.90 Å². The summed E-state index contributed by atoms with van der Waals surface area (Å²) in [5.74, 6) is -0.715. The molecule has 0 spiro atoms. The van der Waals surface area contributed by atoms with Crippen molar-refractivity contribution in [2.45, 2.75) is 46.1 Å². The maximum Gasteiger partial charge on any atom is 0.414 e. The molecule has 1 fully saturated rings. The topological polar surface area (TPSA) is 83.9 Å². The van der Waals surface area contributed by atoms with E-state index in [9.17, 15) is 19.5 Å². The first kappa shape index (κ1) is 18.8. The van der Waals surface area contributed by atoms with Crippen LogP contribution in [0.3, 0.4) is 0 Å². The highest BCUT2D eigenvalue weighted by Crippen LogP contribution is 2.54. The van der Waals surface area contributed by atoms with E-state index in [0.29, 0.717) is 17.9 Å². The molecule has 1 N–H and O–H groups in total. The molecule has 0 bridgehead atoms. The van der Waals surface area contributed by atoms with Gasteiger partial charge in [-0.1, -0.05) is 20.8 Å². The van der Waals surface area contributed by atoms with Gasteiger partial charge < -0.3 is 9.84 Å². The molecule has 26 heavy (non-hydrogen) atoms. The van der Waals surface area contributed by atoms with Gasteiger partial charge >= 0.3 is 12.1 Å². The van der Waals surface area contributed by atoms with Crippen molar-refractivity contribution in [3.05, 3.63) is 21.9 Å². The molecule has 0 aliphatic carbocycles.